The van der Waals surface area contributed by atoms with Crippen LogP contribution >= 0.6 is 0 Å². The van der Waals surface area contributed by atoms with Crippen LogP contribution in [0.25, 0.3) is 0 Å². The summed E-state index contributed by atoms with van der Waals surface area (Å²) in [6.45, 7) is 3.63. The number of amides is 2. The summed E-state index contributed by atoms with van der Waals surface area (Å²) in [7, 11) is 3.73. The van der Waals surface area contributed by atoms with E-state index in [1.165, 1.54) is 0 Å². The lowest BCUT2D eigenvalue weighted by Gasteiger charge is -2.14. The standard InChI is InChI=1S/C17H25N3O4/c1-5-9-18-16(22)12(2)19-15(21)11-24-17(23)13-7-6-8-14(10-13)20(3)4/h6-8,10,12H,5,9,11H2,1-4H3,(H,18,22)(H,19,21)/t12-/m0/s1. The van der Waals surface area contributed by atoms with Crippen LogP contribution in [0.5, 0.6) is 0 Å². The van der Waals surface area contributed by atoms with Gasteiger partial charge in [-0.3, -0.25) is 9.59 Å². The molecule has 132 valence electrons. The second kappa shape index (κ2) is 9.54. The van der Waals surface area contributed by atoms with Crippen LogP contribution in [0.3, 0.4) is 0 Å². The maximum atomic E-state index is 12.0. The lowest BCUT2D eigenvalue weighted by atomic mass is 10.2. The van der Waals surface area contributed by atoms with Crippen molar-refractivity contribution in [2.45, 2.75) is 26.3 Å². The number of benzene rings is 1. The molecular formula is C17H25N3O4. The summed E-state index contributed by atoms with van der Waals surface area (Å²) in [6, 6.07) is 6.22. The molecule has 2 N–H and O–H groups in total. The minimum absolute atomic E-state index is 0.268. The van der Waals surface area contributed by atoms with Gasteiger partial charge in [0.15, 0.2) is 6.61 Å². The molecule has 0 aliphatic heterocycles. The van der Waals surface area contributed by atoms with Crippen molar-refractivity contribution >= 4 is 23.5 Å². The SMILES string of the molecule is CCCNC(=O)[C@H](C)NC(=O)COC(=O)c1cccc(N(C)C)c1. The van der Waals surface area contributed by atoms with E-state index >= 15 is 0 Å². The molecule has 0 aliphatic rings. The van der Waals surface area contributed by atoms with Gasteiger partial charge < -0.3 is 20.3 Å². The van der Waals surface area contributed by atoms with Crippen molar-refractivity contribution < 1.29 is 19.1 Å². The van der Waals surface area contributed by atoms with Gasteiger partial charge in [-0.05, 0) is 31.5 Å². The van der Waals surface area contributed by atoms with Gasteiger partial charge in [-0.1, -0.05) is 13.0 Å². The summed E-state index contributed by atoms with van der Waals surface area (Å²) in [5.41, 5.74) is 1.22. The monoisotopic (exact) mass is 335 g/mol. The fourth-order valence-corrected chi connectivity index (χ4v) is 1.88. The summed E-state index contributed by atoms with van der Waals surface area (Å²) in [5.74, 6) is -1.38. The van der Waals surface area contributed by atoms with E-state index in [2.05, 4.69) is 10.6 Å². The Bertz CT molecular complexity index is 587. The van der Waals surface area contributed by atoms with Gasteiger partial charge in [0, 0.05) is 26.3 Å². The first-order chi connectivity index (χ1) is 11.3. The summed E-state index contributed by atoms with van der Waals surface area (Å²) in [6.07, 6.45) is 0.816. The number of carbonyl (C=O) groups is 3. The molecule has 1 aromatic carbocycles. The third-order valence-electron chi connectivity index (χ3n) is 3.25. The molecule has 0 radical (unpaired) electrons. The Balaban J connectivity index is 2.47. The number of ether oxygens (including phenoxy) is 1. The Morgan fingerprint density at radius 1 is 1.25 bits per heavy atom. The summed E-state index contributed by atoms with van der Waals surface area (Å²) in [5, 5.41) is 5.17. The number of nitrogens with zero attached hydrogens (tertiary/aromatic N) is 1. The predicted molar refractivity (Wildman–Crippen MR) is 92.0 cm³/mol. The Kier molecular flexibility index (Phi) is 7.74. The molecule has 0 spiro atoms. The molecule has 1 aromatic rings. The zero-order valence-corrected chi connectivity index (χ0v) is 14.6. The first kappa shape index (κ1) is 19.5. The summed E-state index contributed by atoms with van der Waals surface area (Å²) in [4.78, 5) is 37.3. The molecule has 0 aliphatic carbocycles. The maximum Gasteiger partial charge on any atom is 0.338 e. The van der Waals surface area contributed by atoms with Crippen LogP contribution in [0.4, 0.5) is 5.69 Å². The number of carbonyl (C=O) groups excluding carboxylic acids is 3. The largest absolute Gasteiger partial charge is 0.452 e. The van der Waals surface area contributed by atoms with Gasteiger partial charge in [0.25, 0.3) is 5.91 Å². The topological polar surface area (TPSA) is 87.7 Å². The smallest absolute Gasteiger partial charge is 0.338 e. The lowest BCUT2D eigenvalue weighted by Crippen LogP contribution is -2.46. The third kappa shape index (κ3) is 6.28. The van der Waals surface area contributed by atoms with Crippen LogP contribution in [0.15, 0.2) is 24.3 Å². The van der Waals surface area contributed by atoms with Crippen molar-refractivity contribution in [3.63, 3.8) is 0 Å². The highest BCUT2D eigenvalue weighted by Gasteiger charge is 2.16. The zero-order chi connectivity index (χ0) is 18.1. The highest BCUT2D eigenvalue weighted by Crippen LogP contribution is 2.14. The molecule has 24 heavy (non-hydrogen) atoms. The Morgan fingerprint density at radius 2 is 1.96 bits per heavy atom. The van der Waals surface area contributed by atoms with Gasteiger partial charge in [-0.15, -0.1) is 0 Å². The number of hydrogen-bond donors (Lipinski definition) is 2. The van der Waals surface area contributed by atoms with Crippen molar-refractivity contribution in [2.75, 3.05) is 32.1 Å². The highest BCUT2D eigenvalue weighted by atomic mass is 16.5. The van der Waals surface area contributed by atoms with Gasteiger partial charge in [0.1, 0.15) is 6.04 Å². The zero-order valence-electron chi connectivity index (χ0n) is 14.6. The Labute approximate surface area is 142 Å². The van der Waals surface area contributed by atoms with Crippen molar-refractivity contribution in [2.24, 2.45) is 0 Å². The molecular weight excluding hydrogens is 310 g/mol. The number of hydrogen-bond acceptors (Lipinski definition) is 5. The average molecular weight is 335 g/mol. The molecule has 2 amide bonds. The molecule has 7 nitrogen and oxygen atoms in total. The van der Waals surface area contributed by atoms with Gasteiger partial charge >= 0.3 is 5.97 Å². The normalized spacial score (nSPS) is 11.3. The van der Waals surface area contributed by atoms with Crippen LogP contribution in [0, 0.1) is 0 Å². The highest BCUT2D eigenvalue weighted by molar-refractivity contribution is 5.93. The quantitative estimate of drug-likeness (QED) is 0.691. The fourth-order valence-electron chi connectivity index (χ4n) is 1.88. The van der Waals surface area contributed by atoms with E-state index in [4.69, 9.17) is 4.74 Å². The van der Waals surface area contributed by atoms with Gasteiger partial charge in [-0.2, -0.15) is 0 Å². The number of rotatable bonds is 8. The van der Waals surface area contributed by atoms with Crippen molar-refractivity contribution in [3.8, 4) is 0 Å². The Morgan fingerprint density at radius 3 is 2.58 bits per heavy atom. The van der Waals surface area contributed by atoms with E-state index in [0.29, 0.717) is 12.1 Å². The average Bonchev–Trinajstić information content (AvgIpc) is 2.57. The van der Waals surface area contributed by atoms with Crippen LogP contribution in [0.1, 0.15) is 30.6 Å². The molecule has 0 aromatic heterocycles. The molecule has 1 atom stereocenters. The van der Waals surface area contributed by atoms with Crippen molar-refractivity contribution in [1.29, 1.82) is 0 Å². The molecule has 1 rings (SSSR count). The number of esters is 1. The minimum Gasteiger partial charge on any atom is -0.452 e. The number of nitrogens with one attached hydrogen (secondary N) is 2. The van der Waals surface area contributed by atoms with Gasteiger partial charge in [0.2, 0.25) is 5.91 Å². The number of anilines is 1. The summed E-state index contributed by atoms with van der Waals surface area (Å²) < 4.78 is 4.99. The van der Waals surface area contributed by atoms with Crippen molar-refractivity contribution in [1.82, 2.24) is 10.6 Å². The lowest BCUT2D eigenvalue weighted by molar-refractivity contribution is -0.130. The molecule has 7 heteroatoms. The van der Waals surface area contributed by atoms with E-state index in [1.54, 1.807) is 25.1 Å². The van der Waals surface area contributed by atoms with E-state index in [-0.39, 0.29) is 5.91 Å². The Hall–Kier alpha value is -2.57. The van der Waals surface area contributed by atoms with Gasteiger partial charge in [-0.25, -0.2) is 4.79 Å². The second-order valence-electron chi connectivity index (χ2n) is 5.60. The van der Waals surface area contributed by atoms with Crippen molar-refractivity contribution in [3.05, 3.63) is 29.8 Å². The van der Waals surface area contributed by atoms with Crippen LogP contribution < -0.4 is 15.5 Å². The van der Waals surface area contributed by atoms with Crippen LogP contribution in [0.2, 0.25) is 0 Å². The molecule has 0 fully saturated rings. The molecule has 0 heterocycles. The van der Waals surface area contributed by atoms with Crippen LogP contribution in [-0.2, 0) is 14.3 Å². The predicted octanol–water partition coefficient (Wildman–Crippen LogP) is 0.940. The van der Waals surface area contributed by atoms with Gasteiger partial charge in [0.05, 0.1) is 5.56 Å². The fraction of sp³-hybridized carbons (Fsp3) is 0.471. The first-order valence-electron chi connectivity index (χ1n) is 7.86. The molecule has 0 saturated heterocycles. The van der Waals surface area contributed by atoms with E-state index in [9.17, 15) is 14.4 Å². The molecule has 0 unspecified atom stereocenters. The summed E-state index contributed by atoms with van der Waals surface area (Å²) >= 11 is 0. The first-order valence-corrected chi connectivity index (χ1v) is 7.86. The second-order valence-corrected chi connectivity index (χ2v) is 5.60. The maximum absolute atomic E-state index is 12.0. The van der Waals surface area contributed by atoms with Crippen LogP contribution in [-0.4, -0.2) is 51.1 Å². The molecule has 0 saturated carbocycles. The van der Waals surface area contributed by atoms with E-state index in [1.807, 2.05) is 32.0 Å². The minimum atomic E-state index is -0.681. The molecule has 0 bridgehead atoms. The van der Waals surface area contributed by atoms with E-state index < -0.39 is 24.5 Å². The van der Waals surface area contributed by atoms with E-state index in [0.717, 1.165) is 12.1 Å². The third-order valence-corrected chi connectivity index (χ3v) is 3.25.